The van der Waals surface area contributed by atoms with Gasteiger partial charge in [0, 0.05) is 26.2 Å². The maximum atomic E-state index is 12.4. The molecule has 0 bridgehead atoms. The third kappa shape index (κ3) is 4.24. The Morgan fingerprint density at radius 3 is 2.59 bits per heavy atom. The molecule has 1 aromatic carbocycles. The molecule has 0 spiro atoms. The van der Waals surface area contributed by atoms with Gasteiger partial charge in [-0.1, -0.05) is 35.8 Å². The number of nitrogens with zero attached hydrogens (tertiary/aromatic N) is 3. The molecule has 1 saturated heterocycles. The van der Waals surface area contributed by atoms with Gasteiger partial charge in [-0.15, -0.1) is 0 Å². The Morgan fingerprint density at radius 2 is 1.93 bits per heavy atom. The maximum Gasteiger partial charge on any atom is 0.344 e. The SMILES string of the molecule is CCc1noc(C)c1C(=O)OCC(=O)N1CCN(c2ccccc2Cl)CC1. The molecular formula is C19H22ClN3O4. The number of hydrogen-bond acceptors (Lipinski definition) is 6. The molecule has 1 aliphatic heterocycles. The zero-order valence-electron chi connectivity index (χ0n) is 15.4. The Bertz CT molecular complexity index is 828. The molecular weight excluding hydrogens is 370 g/mol. The van der Waals surface area contributed by atoms with Gasteiger partial charge in [-0.25, -0.2) is 4.79 Å². The molecule has 0 aliphatic carbocycles. The van der Waals surface area contributed by atoms with Crippen molar-refractivity contribution in [3.8, 4) is 0 Å². The van der Waals surface area contributed by atoms with Crippen LogP contribution in [0.2, 0.25) is 5.02 Å². The average molecular weight is 392 g/mol. The second-order valence-corrected chi connectivity index (χ2v) is 6.72. The first kappa shape index (κ1) is 19.2. The van der Waals surface area contributed by atoms with Crippen LogP contribution in [0.3, 0.4) is 0 Å². The minimum Gasteiger partial charge on any atom is -0.452 e. The lowest BCUT2D eigenvalue weighted by atomic mass is 10.1. The Balaban J connectivity index is 1.52. The summed E-state index contributed by atoms with van der Waals surface area (Å²) in [6, 6.07) is 7.65. The van der Waals surface area contributed by atoms with Gasteiger partial charge in [0.25, 0.3) is 5.91 Å². The summed E-state index contributed by atoms with van der Waals surface area (Å²) in [4.78, 5) is 28.5. The summed E-state index contributed by atoms with van der Waals surface area (Å²) in [5.41, 5.74) is 1.82. The van der Waals surface area contributed by atoms with E-state index in [2.05, 4.69) is 10.1 Å². The molecule has 1 aromatic heterocycles. The van der Waals surface area contributed by atoms with Gasteiger partial charge >= 0.3 is 5.97 Å². The molecule has 0 N–H and O–H groups in total. The number of hydrogen-bond donors (Lipinski definition) is 0. The van der Waals surface area contributed by atoms with Crippen molar-refractivity contribution in [1.82, 2.24) is 10.1 Å². The summed E-state index contributed by atoms with van der Waals surface area (Å²) < 4.78 is 10.2. The van der Waals surface area contributed by atoms with Crippen LogP contribution in [0.15, 0.2) is 28.8 Å². The van der Waals surface area contributed by atoms with Crippen LogP contribution >= 0.6 is 11.6 Å². The van der Waals surface area contributed by atoms with Crippen molar-refractivity contribution in [2.24, 2.45) is 0 Å². The molecule has 8 heteroatoms. The first-order valence-electron chi connectivity index (χ1n) is 8.90. The fourth-order valence-electron chi connectivity index (χ4n) is 3.12. The predicted molar refractivity (Wildman–Crippen MR) is 101 cm³/mol. The monoisotopic (exact) mass is 391 g/mol. The van der Waals surface area contributed by atoms with Crippen molar-refractivity contribution in [2.45, 2.75) is 20.3 Å². The third-order valence-corrected chi connectivity index (χ3v) is 4.94. The summed E-state index contributed by atoms with van der Waals surface area (Å²) in [6.07, 6.45) is 0.555. The van der Waals surface area contributed by atoms with Crippen molar-refractivity contribution in [3.63, 3.8) is 0 Å². The molecule has 7 nitrogen and oxygen atoms in total. The molecule has 0 unspecified atom stereocenters. The second kappa shape index (κ2) is 8.43. The summed E-state index contributed by atoms with van der Waals surface area (Å²) in [6.45, 7) is 5.68. The van der Waals surface area contributed by atoms with Crippen LogP contribution in [0.25, 0.3) is 0 Å². The quantitative estimate of drug-likeness (QED) is 0.729. The largest absolute Gasteiger partial charge is 0.452 e. The van der Waals surface area contributed by atoms with E-state index in [1.165, 1.54) is 0 Å². The van der Waals surface area contributed by atoms with Crippen LogP contribution in [0.1, 0.15) is 28.7 Å². The number of amides is 1. The van der Waals surface area contributed by atoms with E-state index < -0.39 is 5.97 Å². The number of anilines is 1. The van der Waals surface area contributed by atoms with Gasteiger partial charge in [0.1, 0.15) is 11.3 Å². The minimum atomic E-state index is -0.575. The predicted octanol–water partition coefficient (Wildman–Crippen LogP) is 2.70. The number of esters is 1. The number of halogens is 1. The van der Waals surface area contributed by atoms with Gasteiger partial charge in [-0.05, 0) is 25.5 Å². The molecule has 1 aliphatic rings. The lowest BCUT2D eigenvalue weighted by molar-refractivity contribution is -0.134. The van der Waals surface area contributed by atoms with Crippen molar-refractivity contribution in [1.29, 1.82) is 0 Å². The van der Waals surface area contributed by atoms with E-state index in [1.807, 2.05) is 31.2 Å². The van der Waals surface area contributed by atoms with Crippen molar-refractivity contribution in [2.75, 3.05) is 37.7 Å². The lowest BCUT2D eigenvalue weighted by Gasteiger charge is -2.36. The standard InChI is InChI=1S/C19H22ClN3O4/c1-3-15-18(13(2)27-21-15)19(25)26-12-17(24)23-10-8-22(9-11-23)16-7-5-4-6-14(16)20/h4-7H,3,8-12H2,1-2H3. The van der Waals surface area contributed by atoms with Crippen molar-refractivity contribution >= 4 is 29.2 Å². The maximum absolute atomic E-state index is 12.4. The Hall–Kier alpha value is -2.54. The topological polar surface area (TPSA) is 75.9 Å². The zero-order valence-corrected chi connectivity index (χ0v) is 16.2. The van der Waals surface area contributed by atoms with Gasteiger partial charge in [0.15, 0.2) is 6.61 Å². The van der Waals surface area contributed by atoms with Crippen LogP contribution < -0.4 is 4.90 Å². The number of carbonyl (C=O) groups is 2. The smallest absolute Gasteiger partial charge is 0.344 e. The van der Waals surface area contributed by atoms with Crippen LogP contribution in [0.5, 0.6) is 0 Å². The van der Waals surface area contributed by atoms with Crippen LogP contribution in [0, 0.1) is 6.92 Å². The van der Waals surface area contributed by atoms with E-state index >= 15 is 0 Å². The van der Waals surface area contributed by atoms with Crippen LogP contribution in [0.4, 0.5) is 5.69 Å². The number of para-hydroxylation sites is 1. The number of ether oxygens (including phenoxy) is 1. The van der Waals surface area contributed by atoms with Crippen molar-refractivity contribution in [3.05, 3.63) is 46.3 Å². The summed E-state index contributed by atoms with van der Waals surface area (Å²) in [7, 11) is 0. The number of carbonyl (C=O) groups excluding carboxylic acids is 2. The molecule has 1 amide bonds. The number of benzene rings is 1. The highest BCUT2D eigenvalue weighted by Crippen LogP contribution is 2.26. The zero-order chi connectivity index (χ0) is 19.4. The molecule has 0 radical (unpaired) electrons. The van der Waals surface area contributed by atoms with Gasteiger partial charge in [-0.2, -0.15) is 0 Å². The van der Waals surface area contributed by atoms with E-state index in [0.29, 0.717) is 54.6 Å². The Morgan fingerprint density at radius 1 is 1.22 bits per heavy atom. The highest BCUT2D eigenvalue weighted by molar-refractivity contribution is 6.33. The number of aryl methyl sites for hydroxylation is 2. The van der Waals surface area contributed by atoms with Gasteiger partial charge in [0.05, 0.1) is 16.4 Å². The first-order chi connectivity index (χ1) is 13.0. The molecule has 2 heterocycles. The number of rotatable bonds is 5. The normalized spacial score (nSPS) is 14.3. The highest BCUT2D eigenvalue weighted by atomic mass is 35.5. The first-order valence-corrected chi connectivity index (χ1v) is 9.28. The molecule has 1 fully saturated rings. The fourth-order valence-corrected chi connectivity index (χ4v) is 3.37. The lowest BCUT2D eigenvalue weighted by Crippen LogP contribution is -2.50. The Kier molecular flexibility index (Phi) is 6.01. The molecule has 3 rings (SSSR count). The van der Waals surface area contributed by atoms with Gasteiger partial charge in [0.2, 0.25) is 0 Å². The second-order valence-electron chi connectivity index (χ2n) is 6.31. The highest BCUT2D eigenvalue weighted by Gasteiger charge is 2.25. The van der Waals surface area contributed by atoms with E-state index in [-0.39, 0.29) is 12.5 Å². The summed E-state index contributed by atoms with van der Waals surface area (Å²) in [5, 5.41) is 4.53. The van der Waals surface area contributed by atoms with Gasteiger partial charge < -0.3 is 19.1 Å². The minimum absolute atomic E-state index is 0.214. The fraction of sp³-hybridized carbons (Fsp3) is 0.421. The van der Waals surface area contributed by atoms with Crippen LogP contribution in [-0.4, -0.2) is 54.7 Å². The third-order valence-electron chi connectivity index (χ3n) is 4.62. The average Bonchev–Trinajstić information content (AvgIpc) is 3.07. The number of piperazine rings is 1. The molecule has 2 aromatic rings. The molecule has 27 heavy (non-hydrogen) atoms. The Labute approximate surface area is 162 Å². The van der Waals surface area contributed by atoms with E-state index in [0.717, 1.165) is 5.69 Å². The van der Waals surface area contributed by atoms with Crippen LogP contribution in [-0.2, 0) is 16.0 Å². The van der Waals surface area contributed by atoms with E-state index in [9.17, 15) is 9.59 Å². The van der Waals surface area contributed by atoms with E-state index in [1.54, 1.807) is 11.8 Å². The number of aromatic nitrogens is 1. The van der Waals surface area contributed by atoms with E-state index in [4.69, 9.17) is 20.9 Å². The molecule has 144 valence electrons. The van der Waals surface area contributed by atoms with Crippen molar-refractivity contribution < 1.29 is 18.8 Å². The van der Waals surface area contributed by atoms with Gasteiger partial charge in [-0.3, -0.25) is 4.79 Å². The summed E-state index contributed by atoms with van der Waals surface area (Å²) >= 11 is 6.23. The summed E-state index contributed by atoms with van der Waals surface area (Å²) in [5.74, 6) is -0.388. The molecule has 0 atom stereocenters. The molecule has 0 saturated carbocycles.